The van der Waals surface area contributed by atoms with Crippen molar-refractivity contribution < 1.29 is 85.3 Å². The van der Waals surface area contributed by atoms with Crippen LogP contribution in [-0.4, -0.2) is 128 Å². The van der Waals surface area contributed by atoms with Gasteiger partial charge in [-0.15, -0.1) is 0 Å². The molecule has 1 aliphatic heterocycles. The summed E-state index contributed by atoms with van der Waals surface area (Å²) in [7, 11) is -16.4. The molecule has 0 bridgehead atoms. The number of aromatic nitrogens is 4. The summed E-state index contributed by atoms with van der Waals surface area (Å²) in [6.07, 6.45) is -4.65. The van der Waals surface area contributed by atoms with E-state index in [4.69, 9.17) is 19.5 Å². The molecule has 2 aromatic rings. The van der Waals surface area contributed by atoms with Gasteiger partial charge in [-0.2, -0.15) is 4.31 Å². The molecule has 2 amide bonds. The third-order valence-corrected chi connectivity index (χ3v) is 12.6. The molecule has 0 aliphatic carbocycles. The fourth-order valence-electron chi connectivity index (χ4n) is 5.33. The third-order valence-electron chi connectivity index (χ3n) is 8.62. The first-order chi connectivity index (χ1) is 27.4. The summed E-state index contributed by atoms with van der Waals surface area (Å²) >= 11 is 0.919. The number of carbonyl (C=O) groups excluding carboxylic acids is 4. The summed E-state index contributed by atoms with van der Waals surface area (Å²) in [5, 5.41) is 26.0. The monoisotopic (exact) mass is 921 g/mol. The number of aliphatic hydroxyl groups is 2. The first-order valence-corrected chi connectivity index (χ1v) is 23.4. The number of nitrogens with one attached hydrogen (secondary N) is 2. The van der Waals surface area contributed by atoms with Crippen molar-refractivity contribution in [3.8, 4) is 0 Å². The molecule has 0 radical (unpaired) electrons. The summed E-state index contributed by atoms with van der Waals surface area (Å²) in [5.41, 5.74) is 4.23. The van der Waals surface area contributed by atoms with Crippen LogP contribution < -0.4 is 16.4 Å². The molecule has 0 spiro atoms. The lowest BCUT2D eigenvalue weighted by molar-refractivity contribution is -0.137. The lowest BCUT2D eigenvalue weighted by Gasteiger charge is -2.30. The van der Waals surface area contributed by atoms with Crippen LogP contribution in [-0.2, 0) is 55.5 Å². The SMILES string of the molecule is CCCCC(C)C(=O)CC(=O)SCCNC(=O)CCNC(=O)[C@H](O)C(C)(C)COP(=O)(O)OP(=O)(O)OC[C@H]1O[C@@H](n2cnc3c(N)ncnc32)[C@H](O)[C@@H]1OP(=O)(O)O. The third kappa shape index (κ3) is 15.9. The van der Waals surface area contributed by atoms with E-state index in [2.05, 4.69) is 34.4 Å². The summed E-state index contributed by atoms with van der Waals surface area (Å²) in [4.78, 5) is 99.9. The van der Waals surface area contributed by atoms with Crippen LogP contribution in [0.15, 0.2) is 12.7 Å². The Morgan fingerprint density at radius 1 is 1.05 bits per heavy atom. The minimum atomic E-state index is -5.58. The number of unbranched alkanes of at least 4 members (excludes halogenated alkanes) is 1. The standard InChI is InChI=1S/C30H50N7O18P3S/c1-5-6-7-17(2)18(38)12-21(40)59-11-10-32-20(39)8-9-33-28(43)25(42)30(3,4)14-52-58(49,50)55-57(47,48)51-13-19-24(54-56(44,45)46)23(41)29(53-19)37-16-36-22-26(31)34-15-35-27(22)37/h15-17,19,23-25,29,41-42H,5-14H2,1-4H3,(H,32,39)(H,33,43)(H,47,48)(H,49,50)(H2,31,34,35)(H2,44,45,46)/t17?,19-,23-,24-,25+,29-/m1/s1. The Balaban J connectivity index is 1.45. The van der Waals surface area contributed by atoms with Gasteiger partial charge in [0.2, 0.25) is 11.8 Å². The highest BCUT2D eigenvalue weighted by molar-refractivity contribution is 8.13. The van der Waals surface area contributed by atoms with Gasteiger partial charge >= 0.3 is 23.5 Å². The minimum Gasteiger partial charge on any atom is -0.386 e. The number of hydrogen-bond donors (Lipinski definition) is 9. The highest BCUT2D eigenvalue weighted by Crippen LogP contribution is 2.61. The largest absolute Gasteiger partial charge is 0.481 e. The average Bonchev–Trinajstić information content (AvgIpc) is 3.70. The van der Waals surface area contributed by atoms with E-state index in [0.29, 0.717) is 0 Å². The fourth-order valence-corrected chi connectivity index (χ4v) is 8.84. The Morgan fingerprint density at radius 2 is 1.73 bits per heavy atom. The quantitative estimate of drug-likeness (QED) is 0.0371. The molecule has 2 aromatic heterocycles. The first kappa shape index (κ1) is 50.6. The van der Waals surface area contributed by atoms with Gasteiger partial charge in [0.25, 0.3) is 0 Å². The summed E-state index contributed by atoms with van der Waals surface area (Å²) in [5.74, 6) is -1.64. The van der Waals surface area contributed by atoms with Crippen molar-refractivity contribution in [2.24, 2.45) is 11.3 Å². The number of nitrogens with zero attached hydrogens (tertiary/aromatic N) is 4. The number of fused-ring (bicyclic) bond motifs is 1. The number of Topliss-reactive ketones (excluding diaryl/α,β-unsaturated/α-hetero) is 1. The smallest absolute Gasteiger partial charge is 0.386 e. The molecule has 3 heterocycles. The Labute approximate surface area is 341 Å². The number of ether oxygens (including phenoxy) is 1. The first-order valence-electron chi connectivity index (χ1n) is 17.9. The molecule has 10 N–H and O–H groups in total. The lowest BCUT2D eigenvalue weighted by atomic mass is 9.87. The molecular weight excluding hydrogens is 871 g/mol. The van der Waals surface area contributed by atoms with Crippen LogP contribution in [0.2, 0.25) is 0 Å². The Morgan fingerprint density at radius 3 is 2.39 bits per heavy atom. The lowest BCUT2D eigenvalue weighted by Crippen LogP contribution is -2.46. The zero-order valence-corrected chi connectivity index (χ0v) is 35.9. The molecule has 3 unspecified atom stereocenters. The van der Waals surface area contributed by atoms with Crippen molar-refractivity contribution in [2.45, 2.75) is 90.4 Å². The maximum atomic E-state index is 12.7. The van der Waals surface area contributed by atoms with Crippen molar-refractivity contribution in [2.75, 3.05) is 37.8 Å². The van der Waals surface area contributed by atoms with Crippen LogP contribution in [0, 0.1) is 11.3 Å². The van der Waals surface area contributed by atoms with Gasteiger partial charge in [0, 0.05) is 36.6 Å². The topological polar surface area (TPSA) is 381 Å². The van der Waals surface area contributed by atoms with E-state index in [-0.39, 0.29) is 65.5 Å². The second kappa shape index (κ2) is 21.8. The van der Waals surface area contributed by atoms with Crippen LogP contribution in [0.25, 0.3) is 11.2 Å². The van der Waals surface area contributed by atoms with E-state index in [1.165, 1.54) is 13.8 Å². The van der Waals surface area contributed by atoms with Gasteiger partial charge in [0.05, 0.1) is 26.0 Å². The number of thioether (sulfide) groups is 1. The predicted molar refractivity (Wildman–Crippen MR) is 205 cm³/mol. The number of hydrogen-bond acceptors (Lipinski definition) is 19. The molecular formula is C30H50N7O18P3S. The van der Waals surface area contributed by atoms with Crippen molar-refractivity contribution in [3.05, 3.63) is 12.7 Å². The van der Waals surface area contributed by atoms with Crippen molar-refractivity contribution >= 4 is 74.9 Å². The second-order valence-corrected chi connectivity index (χ2v) is 19.4. The second-order valence-electron chi connectivity index (χ2n) is 14.0. The highest BCUT2D eigenvalue weighted by Gasteiger charge is 2.50. The van der Waals surface area contributed by atoms with Crippen LogP contribution in [0.4, 0.5) is 5.82 Å². The summed E-state index contributed by atoms with van der Waals surface area (Å²) in [6.45, 7) is 4.12. The van der Waals surface area contributed by atoms with Crippen LogP contribution in [0.1, 0.15) is 66.0 Å². The molecule has 8 atom stereocenters. The number of imidazole rings is 1. The molecule has 1 fully saturated rings. The minimum absolute atomic E-state index is 0.0247. The number of ketones is 1. The maximum absolute atomic E-state index is 12.7. The Bertz CT molecular complexity index is 1930. The number of nitrogen functional groups attached to an aromatic ring is 1. The van der Waals surface area contributed by atoms with Gasteiger partial charge in [-0.05, 0) is 6.42 Å². The van der Waals surface area contributed by atoms with E-state index in [0.717, 1.165) is 48.2 Å². The molecule has 29 heteroatoms. The summed E-state index contributed by atoms with van der Waals surface area (Å²) < 4.78 is 62.1. The van der Waals surface area contributed by atoms with Gasteiger partial charge < -0.3 is 50.9 Å². The zero-order chi connectivity index (χ0) is 44.3. The number of phosphoric acid groups is 3. The van der Waals surface area contributed by atoms with Crippen molar-refractivity contribution in [1.29, 1.82) is 0 Å². The van der Waals surface area contributed by atoms with Crippen molar-refractivity contribution in [1.82, 2.24) is 30.2 Å². The maximum Gasteiger partial charge on any atom is 0.481 e. The van der Waals surface area contributed by atoms with Gasteiger partial charge in [-0.1, -0.05) is 52.3 Å². The van der Waals surface area contributed by atoms with Crippen LogP contribution >= 0.6 is 35.2 Å². The predicted octanol–water partition coefficient (Wildman–Crippen LogP) is 0.450. The molecule has 25 nitrogen and oxygen atoms in total. The normalized spacial score (nSPS) is 21.7. The molecule has 1 saturated heterocycles. The summed E-state index contributed by atoms with van der Waals surface area (Å²) in [6, 6.07) is 0. The van der Waals surface area contributed by atoms with Crippen LogP contribution in [0.3, 0.4) is 0 Å². The Hall–Kier alpha value is -2.77. The van der Waals surface area contributed by atoms with Gasteiger partial charge in [-0.3, -0.25) is 37.3 Å². The average molecular weight is 922 g/mol. The fraction of sp³-hybridized carbons (Fsp3) is 0.700. The number of carbonyl (C=O) groups is 4. The molecule has 0 saturated carbocycles. The zero-order valence-electron chi connectivity index (χ0n) is 32.4. The Kier molecular flexibility index (Phi) is 18.7. The number of anilines is 1. The number of aliphatic hydroxyl groups excluding tert-OH is 2. The van der Waals surface area contributed by atoms with Gasteiger partial charge in [-0.25, -0.2) is 28.6 Å². The van der Waals surface area contributed by atoms with E-state index in [1.807, 2.05) is 6.92 Å². The molecule has 1 aliphatic rings. The molecule has 334 valence electrons. The van der Waals surface area contributed by atoms with E-state index in [1.54, 1.807) is 6.92 Å². The number of amides is 2. The van der Waals surface area contributed by atoms with Gasteiger partial charge in [0.1, 0.15) is 42.0 Å². The molecule has 0 aromatic carbocycles. The number of phosphoric ester groups is 3. The van der Waals surface area contributed by atoms with Crippen molar-refractivity contribution in [3.63, 3.8) is 0 Å². The highest BCUT2D eigenvalue weighted by atomic mass is 32.2. The molecule has 3 rings (SSSR count). The van der Waals surface area contributed by atoms with E-state index in [9.17, 15) is 62.7 Å². The van der Waals surface area contributed by atoms with E-state index >= 15 is 0 Å². The van der Waals surface area contributed by atoms with E-state index < -0.39 is 84.6 Å². The van der Waals surface area contributed by atoms with Crippen LogP contribution in [0.5, 0.6) is 0 Å². The van der Waals surface area contributed by atoms with Gasteiger partial charge in [0.15, 0.2) is 22.8 Å². The number of nitrogens with two attached hydrogens (primary N) is 1. The number of rotatable bonds is 25. The molecule has 59 heavy (non-hydrogen) atoms.